The van der Waals surface area contributed by atoms with E-state index in [0.29, 0.717) is 29.4 Å². The molecule has 0 aliphatic rings. The van der Waals surface area contributed by atoms with Crippen LogP contribution >= 0.6 is 11.3 Å². The van der Waals surface area contributed by atoms with Gasteiger partial charge in [-0.05, 0) is 17.5 Å². The minimum Gasteiger partial charge on any atom is -0.493 e. The second-order valence-electron chi connectivity index (χ2n) is 5.81. The van der Waals surface area contributed by atoms with Gasteiger partial charge in [0.15, 0.2) is 23.6 Å². The van der Waals surface area contributed by atoms with E-state index in [9.17, 15) is 9.90 Å². The largest absolute Gasteiger partial charge is 0.493 e. The molecule has 1 aromatic carbocycles. The van der Waals surface area contributed by atoms with E-state index in [1.165, 1.54) is 18.4 Å². The van der Waals surface area contributed by atoms with Crippen molar-refractivity contribution in [3.63, 3.8) is 0 Å². The molecule has 0 aliphatic heterocycles. The Balaban J connectivity index is 2.21. The molecule has 0 radical (unpaired) electrons. The maximum absolute atomic E-state index is 12.4. The summed E-state index contributed by atoms with van der Waals surface area (Å²) < 4.78 is 16.8. The van der Waals surface area contributed by atoms with Crippen molar-refractivity contribution in [3.8, 4) is 11.5 Å². The molecule has 6 nitrogen and oxygen atoms in total. The first-order valence-electron chi connectivity index (χ1n) is 8.09. The smallest absolute Gasteiger partial charge is 0.173 e. The number of hydrogen-bond donors (Lipinski definition) is 2. The van der Waals surface area contributed by atoms with Gasteiger partial charge < -0.3 is 24.4 Å². The summed E-state index contributed by atoms with van der Waals surface area (Å²) in [4.78, 5) is 13.1. The fourth-order valence-corrected chi connectivity index (χ4v) is 3.45. The van der Waals surface area contributed by atoms with Crippen LogP contribution in [0.2, 0.25) is 0 Å². The lowest BCUT2D eigenvalue weighted by atomic mass is 10.0. The summed E-state index contributed by atoms with van der Waals surface area (Å²) in [5.74, 6) is 0.860. The van der Waals surface area contributed by atoms with Gasteiger partial charge in [0.05, 0.1) is 18.6 Å². The number of ketones is 1. The molecule has 0 saturated carbocycles. The zero-order valence-electron chi connectivity index (χ0n) is 14.7. The van der Waals surface area contributed by atoms with Crippen LogP contribution in [0.5, 0.6) is 11.5 Å². The van der Waals surface area contributed by atoms with E-state index in [4.69, 9.17) is 19.3 Å². The van der Waals surface area contributed by atoms with Crippen molar-refractivity contribution < 1.29 is 29.2 Å². The summed E-state index contributed by atoms with van der Waals surface area (Å²) >= 11 is 1.39. The highest BCUT2D eigenvalue weighted by molar-refractivity contribution is 7.20. The van der Waals surface area contributed by atoms with Gasteiger partial charge in [-0.2, -0.15) is 0 Å². The van der Waals surface area contributed by atoms with Gasteiger partial charge >= 0.3 is 0 Å². The van der Waals surface area contributed by atoms with Crippen molar-refractivity contribution in [1.82, 2.24) is 0 Å². The number of hydrogen-bond acceptors (Lipinski definition) is 7. The van der Waals surface area contributed by atoms with Gasteiger partial charge in [-0.25, -0.2) is 0 Å². The number of fused-ring (bicyclic) bond motifs is 1. The molecular weight excluding hydrogens is 344 g/mol. The van der Waals surface area contributed by atoms with E-state index in [0.717, 1.165) is 10.1 Å². The molecule has 0 aliphatic carbocycles. The van der Waals surface area contributed by atoms with Crippen molar-refractivity contribution in [2.75, 3.05) is 27.4 Å². The number of rotatable bonds is 10. The molecule has 7 heteroatoms. The van der Waals surface area contributed by atoms with Crippen LogP contribution in [0.15, 0.2) is 18.2 Å². The normalized spacial score (nSPS) is 13.6. The number of carbonyl (C=O) groups excluding carboxylic acids is 1. The Morgan fingerprint density at radius 3 is 2.64 bits per heavy atom. The minimum absolute atomic E-state index is 0.0356. The van der Waals surface area contributed by atoms with Crippen LogP contribution in [-0.2, 0) is 4.74 Å². The molecule has 1 heterocycles. The Bertz CT molecular complexity index is 711. The molecule has 0 bridgehead atoms. The highest BCUT2D eigenvalue weighted by Crippen LogP contribution is 2.37. The van der Waals surface area contributed by atoms with Crippen LogP contribution in [0.4, 0.5) is 0 Å². The number of ether oxygens (including phenoxy) is 3. The number of carbonyl (C=O) groups is 1. The Morgan fingerprint density at radius 1 is 1.24 bits per heavy atom. The molecule has 1 unspecified atom stereocenters. The maximum Gasteiger partial charge on any atom is 0.173 e. The predicted molar refractivity (Wildman–Crippen MR) is 96.7 cm³/mol. The molecule has 2 aromatic rings. The van der Waals surface area contributed by atoms with E-state index in [2.05, 4.69) is 0 Å². The van der Waals surface area contributed by atoms with Crippen molar-refractivity contribution in [3.05, 3.63) is 23.1 Å². The van der Waals surface area contributed by atoms with E-state index in [-0.39, 0.29) is 24.7 Å². The Kier molecular flexibility index (Phi) is 7.19. The van der Waals surface area contributed by atoms with E-state index in [1.807, 2.05) is 18.2 Å². The van der Waals surface area contributed by atoms with Crippen LogP contribution in [0, 0.1) is 5.92 Å². The summed E-state index contributed by atoms with van der Waals surface area (Å²) in [5, 5.41) is 19.4. The summed E-state index contributed by atoms with van der Waals surface area (Å²) in [6.07, 6.45) is -0.211. The minimum atomic E-state index is -0.954. The Labute approximate surface area is 150 Å². The zero-order chi connectivity index (χ0) is 18.4. The number of aliphatic hydroxyl groups excluding tert-OH is 2. The average Bonchev–Trinajstić information content (AvgIpc) is 3.03. The second kappa shape index (κ2) is 9.15. The molecule has 2 atom stereocenters. The lowest BCUT2D eigenvalue weighted by molar-refractivity contribution is -0.107. The maximum atomic E-state index is 12.4. The SMILES string of the molecule is COc1cc2sc(C(=O)C[C@H](C)C(O)OC)cc2cc1OCCCO. The van der Waals surface area contributed by atoms with E-state index < -0.39 is 6.29 Å². The summed E-state index contributed by atoms with van der Waals surface area (Å²) in [6, 6.07) is 5.51. The highest BCUT2D eigenvalue weighted by Gasteiger charge is 2.20. The monoisotopic (exact) mass is 368 g/mol. The van der Waals surface area contributed by atoms with Gasteiger partial charge in [0, 0.05) is 43.2 Å². The van der Waals surface area contributed by atoms with Gasteiger partial charge in [-0.3, -0.25) is 4.79 Å². The third kappa shape index (κ3) is 4.92. The average molecular weight is 368 g/mol. The van der Waals surface area contributed by atoms with Gasteiger partial charge in [-0.15, -0.1) is 11.3 Å². The molecule has 0 saturated heterocycles. The second-order valence-corrected chi connectivity index (χ2v) is 6.89. The van der Waals surface area contributed by atoms with Gasteiger partial charge in [-0.1, -0.05) is 6.92 Å². The Hall–Kier alpha value is -1.67. The van der Waals surface area contributed by atoms with Crippen LogP contribution in [0.3, 0.4) is 0 Å². The third-order valence-corrected chi connectivity index (χ3v) is 5.01. The number of benzene rings is 1. The summed E-state index contributed by atoms with van der Waals surface area (Å²) in [7, 11) is 2.98. The van der Waals surface area contributed by atoms with Gasteiger partial charge in [0.25, 0.3) is 0 Å². The quantitative estimate of drug-likeness (QED) is 0.381. The van der Waals surface area contributed by atoms with Gasteiger partial charge in [0.2, 0.25) is 0 Å². The van der Waals surface area contributed by atoms with E-state index in [1.54, 1.807) is 14.0 Å². The molecule has 25 heavy (non-hydrogen) atoms. The van der Waals surface area contributed by atoms with Crippen LogP contribution < -0.4 is 9.47 Å². The number of aliphatic hydroxyl groups is 2. The standard InChI is InChI=1S/C18H24O6S/c1-11(18(21)23-3)7-13(20)17-9-12-8-15(24-6-4-5-19)14(22-2)10-16(12)25-17/h8-11,18-19,21H,4-7H2,1-3H3/t11-,18?/m0/s1. The fraction of sp³-hybridized carbons (Fsp3) is 0.500. The summed E-state index contributed by atoms with van der Waals surface area (Å²) in [5.41, 5.74) is 0. The lowest BCUT2D eigenvalue weighted by Gasteiger charge is -2.15. The topological polar surface area (TPSA) is 85.2 Å². The van der Waals surface area contributed by atoms with Crippen molar-refractivity contribution >= 4 is 27.2 Å². The number of methoxy groups -OCH3 is 2. The first-order chi connectivity index (χ1) is 12.0. The molecule has 2 rings (SSSR count). The molecule has 138 valence electrons. The number of thiophene rings is 1. The number of Topliss-reactive ketones (excluding diaryl/α,β-unsaturated/α-hetero) is 1. The van der Waals surface area contributed by atoms with Crippen LogP contribution in [-0.4, -0.2) is 49.7 Å². The zero-order valence-corrected chi connectivity index (χ0v) is 15.5. The van der Waals surface area contributed by atoms with Crippen LogP contribution in [0.25, 0.3) is 10.1 Å². The molecule has 2 N–H and O–H groups in total. The molecule has 0 fully saturated rings. The van der Waals surface area contributed by atoms with Crippen molar-refractivity contribution in [1.29, 1.82) is 0 Å². The fourth-order valence-electron chi connectivity index (χ4n) is 2.43. The molecule has 0 amide bonds. The highest BCUT2D eigenvalue weighted by atomic mass is 32.1. The first-order valence-corrected chi connectivity index (χ1v) is 8.91. The van der Waals surface area contributed by atoms with Crippen molar-refractivity contribution in [2.45, 2.75) is 26.1 Å². The molecule has 1 aromatic heterocycles. The van der Waals surface area contributed by atoms with E-state index >= 15 is 0 Å². The summed E-state index contributed by atoms with van der Waals surface area (Å²) in [6.45, 7) is 2.23. The van der Waals surface area contributed by atoms with Crippen LogP contribution in [0.1, 0.15) is 29.4 Å². The predicted octanol–water partition coefficient (Wildman–Crippen LogP) is 2.84. The third-order valence-electron chi connectivity index (χ3n) is 3.87. The van der Waals surface area contributed by atoms with Gasteiger partial charge in [0.1, 0.15) is 0 Å². The Morgan fingerprint density at radius 2 is 2.00 bits per heavy atom. The van der Waals surface area contributed by atoms with Crippen molar-refractivity contribution in [2.24, 2.45) is 5.92 Å². The lowest BCUT2D eigenvalue weighted by Crippen LogP contribution is -2.22. The molecule has 0 spiro atoms. The first kappa shape index (κ1) is 19.7. The molecular formula is C18H24O6S.